The van der Waals surface area contributed by atoms with Crippen LogP contribution in [0.2, 0.25) is 0 Å². The van der Waals surface area contributed by atoms with Gasteiger partial charge < -0.3 is 9.80 Å². The zero-order valence-electron chi connectivity index (χ0n) is 17.2. The van der Waals surface area contributed by atoms with Gasteiger partial charge in [0.2, 0.25) is 11.8 Å². The number of tetrazole rings is 1. The molecule has 0 radical (unpaired) electrons. The van der Waals surface area contributed by atoms with E-state index >= 15 is 0 Å². The Bertz CT molecular complexity index is 886. The molecule has 1 saturated carbocycles. The van der Waals surface area contributed by atoms with Crippen molar-refractivity contribution in [3.63, 3.8) is 0 Å². The molecular weight excluding hydrogens is 380 g/mol. The van der Waals surface area contributed by atoms with Crippen molar-refractivity contribution >= 4 is 11.8 Å². The first-order chi connectivity index (χ1) is 14.7. The van der Waals surface area contributed by atoms with Crippen molar-refractivity contribution in [2.24, 2.45) is 5.41 Å². The van der Waals surface area contributed by atoms with Crippen molar-refractivity contribution in [2.75, 3.05) is 13.1 Å². The number of hydrogen-bond donors (Lipinski definition) is 0. The monoisotopic (exact) mass is 408 g/mol. The highest BCUT2D eigenvalue weighted by atomic mass is 16.2. The highest BCUT2D eigenvalue weighted by molar-refractivity contribution is 5.91. The molecule has 1 aromatic heterocycles. The number of carbonyl (C=O) groups excluding carboxylic acids is 2. The number of likely N-dealkylation sites (tertiary alicyclic amines) is 2. The summed E-state index contributed by atoms with van der Waals surface area (Å²) >= 11 is 0. The summed E-state index contributed by atoms with van der Waals surface area (Å²) in [6, 6.07) is 10.9. The van der Waals surface area contributed by atoms with Gasteiger partial charge in [-0.05, 0) is 41.7 Å². The summed E-state index contributed by atoms with van der Waals surface area (Å²) in [7, 11) is 0. The SMILES string of the molecule is O=C(CCn1cnnn1)N1CCC(N2C(=O)C3(CCCC3)C2c2ccccc2)CC1. The fourth-order valence-electron chi connectivity index (χ4n) is 5.72. The first-order valence-corrected chi connectivity index (χ1v) is 11.1. The number of nitrogens with zero attached hydrogens (tertiary/aromatic N) is 6. The van der Waals surface area contributed by atoms with Crippen LogP contribution in [0, 0.1) is 5.41 Å². The Hall–Kier alpha value is -2.77. The predicted octanol–water partition coefficient (Wildman–Crippen LogP) is 2.20. The van der Waals surface area contributed by atoms with Crippen LogP contribution in [0.3, 0.4) is 0 Å². The first kappa shape index (κ1) is 19.2. The fourth-order valence-corrected chi connectivity index (χ4v) is 5.72. The molecule has 1 spiro atoms. The van der Waals surface area contributed by atoms with E-state index in [9.17, 15) is 9.59 Å². The molecule has 2 saturated heterocycles. The number of β-lactam (4-membered cyclic amide) rings is 1. The molecule has 0 N–H and O–H groups in total. The van der Waals surface area contributed by atoms with E-state index in [0.717, 1.165) is 38.5 Å². The quantitative estimate of drug-likeness (QED) is 0.708. The molecule has 2 aromatic rings. The molecule has 0 bridgehead atoms. The predicted molar refractivity (Wildman–Crippen MR) is 109 cm³/mol. The molecule has 1 aliphatic carbocycles. The van der Waals surface area contributed by atoms with Gasteiger partial charge in [-0.15, -0.1) is 5.10 Å². The van der Waals surface area contributed by atoms with Crippen LogP contribution >= 0.6 is 0 Å². The Kier molecular flexibility index (Phi) is 5.00. The summed E-state index contributed by atoms with van der Waals surface area (Å²) in [6.07, 6.45) is 7.94. The van der Waals surface area contributed by atoms with Crippen molar-refractivity contribution in [3.8, 4) is 0 Å². The molecule has 3 aliphatic rings. The Labute approximate surface area is 176 Å². The van der Waals surface area contributed by atoms with E-state index in [1.165, 1.54) is 11.9 Å². The van der Waals surface area contributed by atoms with Gasteiger partial charge in [-0.1, -0.05) is 43.2 Å². The molecule has 5 rings (SSSR count). The van der Waals surface area contributed by atoms with Gasteiger partial charge in [0.05, 0.1) is 18.0 Å². The summed E-state index contributed by atoms with van der Waals surface area (Å²) in [5.41, 5.74) is 1.08. The molecule has 30 heavy (non-hydrogen) atoms. The third-order valence-corrected chi connectivity index (χ3v) is 7.23. The lowest BCUT2D eigenvalue weighted by Crippen LogP contribution is -2.66. The van der Waals surface area contributed by atoms with Crippen LogP contribution in [-0.2, 0) is 16.1 Å². The molecular formula is C22H28N6O2. The standard InChI is InChI=1S/C22H28N6O2/c29-19(10-15-27-16-23-24-25-27)26-13-8-18(9-14-26)28-20(17-6-2-1-3-7-17)22(21(28)30)11-4-5-12-22/h1-3,6-7,16,18,20H,4-5,8-15H2. The zero-order valence-corrected chi connectivity index (χ0v) is 17.2. The van der Waals surface area contributed by atoms with E-state index in [1.807, 2.05) is 11.0 Å². The maximum atomic E-state index is 13.3. The second-order valence-electron chi connectivity index (χ2n) is 8.82. The first-order valence-electron chi connectivity index (χ1n) is 11.1. The minimum absolute atomic E-state index is 0.130. The van der Waals surface area contributed by atoms with Gasteiger partial charge in [0.15, 0.2) is 0 Å². The minimum atomic E-state index is -0.180. The van der Waals surface area contributed by atoms with E-state index in [1.54, 1.807) is 4.68 Å². The zero-order chi connectivity index (χ0) is 20.6. The van der Waals surface area contributed by atoms with Gasteiger partial charge in [0.1, 0.15) is 6.33 Å². The van der Waals surface area contributed by atoms with E-state index < -0.39 is 0 Å². The second kappa shape index (κ2) is 7.81. The second-order valence-corrected chi connectivity index (χ2v) is 8.82. The summed E-state index contributed by atoms with van der Waals surface area (Å²) in [5, 5.41) is 11.0. The number of aromatic nitrogens is 4. The highest BCUT2D eigenvalue weighted by Gasteiger charge is 2.63. The molecule has 1 atom stereocenters. The number of hydrogen-bond acceptors (Lipinski definition) is 5. The average Bonchev–Trinajstić information content (AvgIpc) is 3.49. The molecule has 3 fully saturated rings. The van der Waals surface area contributed by atoms with Crippen LogP contribution in [0.25, 0.3) is 0 Å². The Balaban J connectivity index is 1.24. The summed E-state index contributed by atoms with van der Waals surface area (Å²) < 4.78 is 1.58. The minimum Gasteiger partial charge on any atom is -0.342 e. The number of rotatable bonds is 5. The van der Waals surface area contributed by atoms with E-state index in [4.69, 9.17) is 0 Å². The number of benzene rings is 1. The van der Waals surface area contributed by atoms with Crippen LogP contribution in [0.5, 0.6) is 0 Å². The molecule has 158 valence electrons. The normalized spacial score (nSPS) is 23.7. The van der Waals surface area contributed by atoms with Gasteiger partial charge in [0, 0.05) is 25.6 Å². The molecule has 2 amide bonds. The largest absolute Gasteiger partial charge is 0.342 e. The Morgan fingerprint density at radius 3 is 2.50 bits per heavy atom. The van der Waals surface area contributed by atoms with Gasteiger partial charge in [0.25, 0.3) is 0 Å². The van der Waals surface area contributed by atoms with Crippen LogP contribution < -0.4 is 0 Å². The summed E-state index contributed by atoms with van der Waals surface area (Å²) in [6.45, 7) is 1.91. The lowest BCUT2D eigenvalue weighted by molar-refractivity contribution is -0.181. The lowest BCUT2D eigenvalue weighted by atomic mass is 9.65. The highest BCUT2D eigenvalue weighted by Crippen LogP contribution is 2.60. The number of piperidine rings is 1. The third-order valence-electron chi connectivity index (χ3n) is 7.23. The summed E-state index contributed by atoms with van der Waals surface area (Å²) in [5.74, 6) is 0.475. The maximum Gasteiger partial charge on any atom is 0.232 e. The van der Waals surface area contributed by atoms with Crippen LogP contribution in [-0.4, -0.2) is 61.0 Å². The fraction of sp³-hybridized carbons (Fsp3) is 0.591. The van der Waals surface area contributed by atoms with Crippen LogP contribution in [0.1, 0.15) is 56.6 Å². The van der Waals surface area contributed by atoms with Crippen LogP contribution in [0.4, 0.5) is 0 Å². The molecule has 1 unspecified atom stereocenters. The van der Waals surface area contributed by atoms with E-state index in [-0.39, 0.29) is 23.4 Å². The molecule has 8 heteroatoms. The molecule has 2 aliphatic heterocycles. The molecule has 3 heterocycles. The van der Waals surface area contributed by atoms with Crippen LogP contribution in [0.15, 0.2) is 36.7 Å². The Morgan fingerprint density at radius 1 is 1.10 bits per heavy atom. The average molecular weight is 409 g/mol. The van der Waals surface area contributed by atoms with Gasteiger partial charge in [-0.25, -0.2) is 4.68 Å². The Morgan fingerprint density at radius 2 is 1.83 bits per heavy atom. The maximum absolute atomic E-state index is 13.3. The van der Waals surface area contributed by atoms with Gasteiger partial charge in [-0.3, -0.25) is 9.59 Å². The van der Waals surface area contributed by atoms with Gasteiger partial charge in [-0.2, -0.15) is 0 Å². The topological polar surface area (TPSA) is 84.2 Å². The third kappa shape index (κ3) is 3.18. The van der Waals surface area contributed by atoms with Crippen molar-refractivity contribution < 1.29 is 9.59 Å². The number of carbonyl (C=O) groups is 2. The lowest BCUT2D eigenvalue weighted by Gasteiger charge is -2.59. The van der Waals surface area contributed by atoms with Crippen molar-refractivity contribution in [3.05, 3.63) is 42.2 Å². The van der Waals surface area contributed by atoms with Gasteiger partial charge >= 0.3 is 0 Å². The van der Waals surface area contributed by atoms with Crippen molar-refractivity contribution in [1.29, 1.82) is 0 Å². The molecule has 8 nitrogen and oxygen atoms in total. The molecule has 1 aromatic carbocycles. The van der Waals surface area contributed by atoms with Crippen molar-refractivity contribution in [2.45, 2.75) is 63.6 Å². The van der Waals surface area contributed by atoms with Crippen molar-refractivity contribution in [1.82, 2.24) is 30.0 Å². The number of aryl methyl sites for hydroxylation is 1. The van der Waals surface area contributed by atoms with E-state index in [0.29, 0.717) is 32.0 Å². The summed E-state index contributed by atoms with van der Waals surface area (Å²) in [4.78, 5) is 30.0. The van der Waals surface area contributed by atoms with E-state index in [2.05, 4.69) is 44.7 Å². The number of amides is 2. The smallest absolute Gasteiger partial charge is 0.232 e.